The fraction of sp³-hybridized carbons (Fsp3) is 0.533. The zero-order valence-corrected chi connectivity index (χ0v) is 12.4. The maximum absolute atomic E-state index is 11.8. The third kappa shape index (κ3) is 5.69. The summed E-state index contributed by atoms with van der Waals surface area (Å²) in [4.78, 5) is 15.2. The fourth-order valence-electron chi connectivity index (χ4n) is 1.56. The molecule has 0 N–H and O–H groups in total. The summed E-state index contributed by atoms with van der Waals surface area (Å²) in [6, 6.07) is 8.02. The van der Waals surface area contributed by atoms with Crippen molar-refractivity contribution in [2.45, 2.75) is 31.1 Å². The van der Waals surface area contributed by atoms with Crippen LogP contribution >= 0.6 is 11.8 Å². The molecule has 0 aliphatic heterocycles. The second kappa shape index (κ2) is 8.33. The molecule has 0 radical (unpaired) electrons. The van der Waals surface area contributed by atoms with E-state index in [2.05, 4.69) is 38.1 Å². The van der Waals surface area contributed by atoms with Crippen molar-refractivity contribution in [2.24, 2.45) is 0 Å². The van der Waals surface area contributed by atoms with Crippen molar-refractivity contribution >= 4 is 17.5 Å². The number of rotatable bonds is 8. The molecule has 1 rings (SSSR count). The molecule has 0 atom stereocenters. The lowest BCUT2D eigenvalue weighted by atomic mass is 10.1. The van der Waals surface area contributed by atoms with Gasteiger partial charge in [-0.25, -0.2) is 0 Å². The van der Waals surface area contributed by atoms with Crippen molar-refractivity contribution in [3.8, 4) is 0 Å². The van der Waals surface area contributed by atoms with E-state index in [0.29, 0.717) is 6.42 Å². The maximum atomic E-state index is 11.8. The molecule has 1 aromatic carbocycles. The van der Waals surface area contributed by atoms with Gasteiger partial charge in [-0.05, 0) is 32.6 Å². The highest BCUT2D eigenvalue weighted by atomic mass is 32.2. The lowest BCUT2D eigenvalue weighted by molar-refractivity contribution is 0.0979. The Morgan fingerprint density at radius 1 is 1.22 bits per heavy atom. The summed E-state index contributed by atoms with van der Waals surface area (Å²) >= 11 is 1.83. The summed E-state index contributed by atoms with van der Waals surface area (Å²) in [6.07, 6.45) is 2.73. The van der Waals surface area contributed by atoms with Gasteiger partial charge in [-0.1, -0.05) is 25.5 Å². The van der Waals surface area contributed by atoms with Crippen molar-refractivity contribution in [3.05, 3.63) is 29.8 Å². The van der Waals surface area contributed by atoms with Crippen LogP contribution in [-0.4, -0.2) is 37.1 Å². The molecule has 0 unspecified atom stereocenters. The van der Waals surface area contributed by atoms with Crippen LogP contribution in [0.2, 0.25) is 0 Å². The van der Waals surface area contributed by atoms with Gasteiger partial charge in [0.05, 0.1) is 0 Å². The topological polar surface area (TPSA) is 20.3 Å². The average Bonchev–Trinajstić information content (AvgIpc) is 2.36. The van der Waals surface area contributed by atoms with Gasteiger partial charge in [-0.15, -0.1) is 11.8 Å². The number of thioether (sulfide) groups is 1. The van der Waals surface area contributed by atoms with E-state index in [1.54, 1.807) is 0 Å². The van der Waals surface area contributed by atoms with Crippen molar-refractivity contribution in [3.63, 3.8) is 0 Å². The molecule has 0 saturated carbocycles. The van der Waals surface area contributed by atoms with Crippen LogP contribution in [0.15, 0.2) is 29.2 Å². The predicted molar refractivity (Wildman–Crippen MR) is 79.6 cm³/mol. The molecule has 0 amide bonds. The first-order valence-corrected chi connectivity index (χ1v) is 7.53. The largest absolute Gasteiger partial charge is 0.309 e. The molecule has 2 nitrogen and oxygen atoms in total. The van der Waals surface area contributed by atoms with Crippen LogP contribution in [0.1, 0.15) is 36.5 Å². The van der Waals surface area contributed by atoms with Crippen molar-refractivity contribution < 1.29 is 4.79 Å². The predicted octanol–water partition coefficient (Wildman–Crippen LogP) is 3.71. The van der Waals surface area contributed by atoms with Crippen LogP contribution in [0.5, 0.6) is 0 Å². The fourth-order valence-corrected chi connectivity index (χ4v) is 2.59. The number of ketones is 1. The molecule has 0 fully saturated rings. The quantitative estimate of drug-likeness (QED) is 0.528. The number of unbranched alkanes of at least 4 members (excludes halogenated alkanes) is 1. The molecular formula is C15H23NOS. The minimum absolute atomic E-state index is 0.265. The Morgan fingerprint density at radius 2 is 1.89 bits per heavy atom. The Morgan fingerprint density at radius 3 is 2.44 bits per heavy atom. The van der Waals surface area contributed by atoms with E-state index >= 15 is 0 Å². The summed E-state index contributed by atoms with van der Waals surface area (Å²) < 4.78 is 0. The Balaban J connectivity index is 2.44. The zero-order valence-electron chi connectivity index (χ0n) is 11.6. The summed E-state index contributed by atoms with van der Waals surface area (Å²) in [7, 11) is 4.16. The van der Waals surface area contributed by atoms with Crippen LogP contribution in [0, 0.1) is 0 Å². The molecule has 18 heavy (non-hydrogen) atoms. The Hall–Kier alpha value is -0.800. The number of carbonyl (C=O) groups excluding carboxylic acids is 1. The summed E-state index contributed by atoms with van der Waals surface area (Å²) in [6.45, 7) is 3.18. The lowest BCUT2D eigenvalue weighted by Crippen LogP contribution is -2.14. The number of carbonyl (C=O) groups is 1. The van der Waals surface area contributed by atoms with Crippen LogP contribution < -0.4 is 0 Å². The molecule has 0 bridgehead atoms. The van der Waals surface area contributed by atoms with E-state index in [0.717, 1.165) is 30.7 Å². The van der Waals surface area contributed by atoms with E-state index in [1.165, 1.54) is 4.90 Å². The van der Waals surface area contributed by atoms with Crippen molar-refractivity contribution in [2.75, 3.05) is 26.4 Å². The van der Waals surface area contributed by atoms with E-state index in [1.807, 2.05) is 23.9 Å². The van der Waals surface area contributed by atoms with Crippen molar-refractivity contribution in [1.29, 1.82) is 0 Å². The molecule has 1 aromatic rings. The number of benzene rings is 1. The van der Waals surface area contributed by atoms with Gasteiger partial charge in [0, 0.05) is 29.2 Å². The van der Waals surface area contributed by atoms with Crippen LogP contribution in [0.25, 0.3) is 0 Å². The standard InChI is InChI=1S/C15H23NOS/c1-4-5-6-15(17)13-7-9-14(10-8-13)18-12-11-16(2)3/h7-10H,4-6,11-12H2,1-3H3. The van der Waals surface area contributed by atoms with Gasteiger partial charge >= 0.3 is 0 Å². The third-order valence-electron chi connectivity index (χ3n) is 2.74. The van der Waals surface area contributed by atoms with E-state index in [4.69, 9.17) is 0 Å². The SMILES string of the molecule is CCCCC(=O)c1ccc(SCCN(C)C)cc1. The van der Waals surface area contributed by atoms with Crippen LogP contribution in [0.3, 0.4) is 0 Å². The highest BCUT2D eigenvalue weighted by Crippen LogP contribution is 2.19. The number of hydrogen-bond acceptors (Lipinski definition) is 3. The first kappa shape index (κ1) is 15.3. The molecule has 0 aliphatic carbocycles. The maximum Gasteiger partial charge on any atom is 0.162 e. The van der Waals surface area contributed by atoms with Crippen molar-refractivity contribution in [1.82, 2.24) is 4.90 Å². The van der Waals surface area contributed by atoms with E-state index in [-0.39, 0.29) is 5.78 Å². The molecule has 0 aliphatic rings. The molecule has 0 heterocycles. The second-order valence-corrected chi connectivity index (χ2v) is 5.87. The van der Waals surface area contributed by atoms with Gasteiger partial charge in [0.2, 0.25) is 0 Å². The van der Waals surface area contributed by atoms with E-state index < -0.39 is 0 Å². The number of nitrogens with zero attached hydrogens (tertiary/aromatic N) is 1. The monoisotopic (exact) mass is 265 g/mol. The highest BCUT2D eigenvalue weighted by molar-refractivity contribution is 7.99. The molecule has 100 valence electrons. The molecule has 3 heteroatoms. The smallest absolute Gasteiger partial charge is 0.162 e. The normalized spacial score (nSPS) is 10.9. The van der Waals surface area contributed by atoms with Gasteiger partial charge in [0.1, 0.15) is 0 Å². The highest BCUT2D eigenvalue weighted by Gasteiger charge is 2.04. The molecule has 0 aromatic heterocycles. The summed E-state index contributed by atoms with van der Waals surface area (Å²) in [5.41, 5.74) is 0.848. The van der Waals surface area contributed by atoms with Gasteiger partial charge in [-0.2, -0.15) is 0 Å². The first-order valence-electron chi connectivity index (χ1n) is 6.54. The van der Waals surface area contributed by atoms with Gasteiger partial charge in [0.25, 0.3) is 0 Å². The first-order chi connectivity index (χ1) is 8.63. The minimum atomic E-state index is 0.265. The Labute approximate surface area is 115 Å². The average molecular weight is 265 g/mol. The lowest BCUT2D eigenvalue weighted by Gasteiger charge is -2.08. The third-order valence-corrected chi connectivity index (χ3v) is 3.73. The van der Waals surface area contributed by atoms with Gasteiger partial charge < -0.3 is 4.90 Å². The van der Waals surface area contributed by atoms with Crippen LogP contribution in [0.4, 0.5) is 0 Å². The zero-order chi connectivity index (χ0) is 13.4. The van der Waals surface area contributed by atoms with E-state index in [9.17, 15) is 4.79 Å². The molecular weight excluding hydrogens is 242 g/mol. The Bertz CT molecular complexity index is 359. The molecule has 0 spiro atoms. The number of Topliss-reactive ketones (excluding diaryl/α,β-unsaturated/α-hetero) is 1. The second-order valence-electron chi connectivity index (χ2n) is 4.70. The van der Waals surface area contributed by atoms with Crippen LogP contribution in [-0.2, 0) is 0 Å². The van der Waals surface area contributed by atoms with Gasteiger partial charge in [-0.3, -0.25) is 4.79 Å². The summed E-state index contributed by atoms with van der Waals surface area (Å²) in [5.74, 6) is 1.34. The summed E-state index contributed by atoms with van der Waals surface area (Å²) in [5, 5.41) is 0. The number of hydrogen-bond donors (Lipinski definition) is 0. The minimum Gasteiger partial charge on any atom is -0.309 e. The Kier molecular flexibility index (Phi) is 7.06. The molecule has 0 saturated heterocycles. The van der Waals surface area contributed by atoms with Gasteiger partial charge in [0.15, 0.2) is 5.78 Å².